The minimum atomic E-state index is 0.421. The molecule has 0 aromatic carbocycles. The minimum Gasteiger partial charge on any atom is -0.310 e. The summed E-state index contributed by atoms with van der Waals surface area (Å²) >= 11 is 6.14. The van der Waals surface area contributed by atoms with Gasteiger partial charge in [-0.25, -0.2) is 9.67 Å². The second kappa shape index (κ2) is 5.50. The monoisotopic (exact) mass is 264 g/mol. The van der Waals surface area contributed by atoms with Gasteiger partial charge < -0.3 is 5.32 Å². The van der Waals surface area contributed by atoms with Crippen LogP contribution < -0.4 is 5.32 Å². The number of halogens is 1. The van der Waals surface area contributed by atoms with Crippen molar-refractivity contribution in [2.45, 2.75) is 33.4 Å². The first-order valence-electron chi connectivity index (χ1n) is 5.96. The number of aryl methyl sites for hydroxylation is 1. The van der Waals surface area contributed by atoms with E-state index in [0.717, 1.165) is 23.6 Å². The molecule has 2 heterocycles. The molecule has 2 aromatic rings. The Hall–Kier alpha value is -1.39. The van der Waals surface area contributed by atoms with E-state index in [2.05, 4.69) is 29.2 Å². The number of nitrogens with one attached hydrogen (secondary N) is 1. The lowest BCUT2D eigenvalue weighted by atomic mass is 10.2. The molecule has 0 bridgehead atoms. The second-order valence-corrected chi connectivity index (χ2v) is 4.98. The Morgan fingerprint density at radius 2 is 2.22 bits per heavy atom. The van der Waals surface area contributed by atoms with E-state index in [9.17, 15) is 0 Å². The van der Waals surface area contributed by atoms with Crippen molar-refractivity contribution >= 4 is 11.6 Å². The molecule has 0 unspecified atom stereocenters. The fourth-order valence-electron chi connectivity index (χ4n) is 1.59. The van der Waals surface area contributed by atoms with Crippen LogP contribution in [0.5, 0.6) is 0 Å². The Morgan fingerprint density at radius 1 is 1.44 bits per heavy atom. The summed E-state index contributed by atoms with van der Waals surface area (Å²) in [7, 11) is 0. The van der Waals surface area contributed by atoms with Gasteiger partial charge in [0.05, 0.1) is 10.7 Å². The molecule has 0 amide bonds. The first-order valence-corrected chi connectivity index (χ1v) is 6.34. The van der Waals surface area contributed by atoms with Crippen LogP contribution in [0.3, 0.4) is 0 Å². The number of hydrogen-bond acceptors (Lipinski definition) is 3. The van der Waals surface area contributed by atoms with Crippen LogP contribution in [0.15, 0.2) is 24.5 Å². The zero-order valence-corrected chi connectivity index (χ0v) is 11.6. The zero-order valence-electron chi connectivity index (χ0n) is 10.8. The van der Waals surface area contributed by atoms with Gasteiger partial charge >= 0.3 is 0 Å². The Kier molecular flexibility index (Phi) is 3.99. The third-order valence-corrected chi connectivity index (χ3v) is 2.92. The molecule has 0 saturated carbocycles. The zero-order chi connectivity index (χ0) is 13.1. The van der Waals surface area contributed by atoms with Crippen molar-refractivity contribution in [1.29, 1.82) is 0 Å². The average Bonchev–Trinajstić information content (AvgIpc) is 2.74. The van der Waals surface area contributed by atoms with E-state index in [1.54, 1.807) is 10.9 Å². The summed E-state index contributed by atoms with van der Waals surface area (Å²) in [6.07, 6.45) is 3.57. The molecule has 0 aliphatic carbocycles. The summed E-state index contributed by atoms with van der Waals surface area (Å²) in [5, 5.41) is 8.36. The van der Waals surface area contributed by atoms with Crippen molar-refractivity contribution < 1.29 is 0 Å². The van der Waals surface area contributed by atoms with E-state index in [0.29, 0.717) is 11.1 Å². The van der Waals surface area contributed by atoms with Gasteiger partial charge in [-0.1, -0.05) is 25.4 Å². The van der Waals surface area contributed by atoms with Gasteiger partial charge in [0, 0.05) is 25.0 Å². The van der Waals surface area contributed by atoms with Crippen LogP contribution in [-0.4, -0.2) is 20.8 Å². The summed E-state index contributed by atoms with van der Waals surface area (Å²) in [4.78, 5) is 4.29. The Bertz CT molecular complexity index is 534. The van der Waals surface area contributed by atoms with Crippen molar-refractivity contribution in [2.75, 3.05) is 0 Å². The molecule has 0 spiro atoms. The molecule has 0 aliphatic rings. The van der Waals surface area contributed by atoms with E-state index < -0.39 is 0 Å². The number of nitrogens with zero attached hydrogens (tertiary/aromatic N) is 3. The van der Waals surface area contributed by atoms with Crippen LogP contribution in [-0.2, 0) is 6.54 Å². The van der Waals surface area contributed by atoms with E-state index in [4.69, 9.17) is 11.6 Å². The molecule has 0 radical (unpaired) electrons. The topological polar surface area (TPSA) is 42.7 Å². The average molecular weight is 265 g/mol. The van der Waals surface area contributed by atoms with Crippen LogP contribution in [0.4, 0.5) is 0 Å². The SMILES string of the molecule is Cc1ccn(-c2cc(CNC(C)C)c(Cl)cn2)n1. The summed E-state index contributed by atoms with van der Waals surface area (Å²) in [6, 6.07) is 4.33. The lowest BCUT2D eigenvalue weighted by Crippen LogP contribution is -2.22. The Labute approximate surface area is 112 Å². The van der Waals surface area contributed by atoms with Crippen molar-refractivity contribution in [3.8, 4) is 5.82 Å². The highest BCUT2D eigenvalue weighted by atomic mass is 35.5. The van der Waals surface area contributed by atoms with Gasteiger partial charge in [0.25, 0.3) is 0 Å². The normalized spacial score (nSPS) is 11.2. The summed E-state index contributed by atoms with van der Waals surface area (Å²) < 4.78 is 1.75. The molecule has 0 atom stereocenters. The molecule has 96 valence electrons. The molecule has 4 nitrogen and oxygen atoms in total. The molecular formula is C13H17ClN4. The standard InChI is InChI=1S/C13H17ClN4/c1-9(2)15-7-11-6-13(16-8-12(11)14)18-5-4-10(3)17-18/h4-6,8-9,15H,7H2,1-3H3. The van der Waals surface area contributed by atoms with Gasteiger partial charge in [-0.15, -0.1) is 0 Å². The largest absolute Gasteiger partial charge is 0.310 e. The number of rotatable bonds is 4. The highest BCUT2D eigenvalue weighted by Crippen LogP contribution is 2.17. The molecule has 18 heavy (non-hydrogen) atoms. The third-order valence-electron chi connectivity index (χ3n) is 2.58. The smallest absolute Gasteiger partial charge is 0.153 e. The highest BCUT2D eigenvalue weighted by Gasteiger charge is 2.06. The summed E-state index contributed by atoms with van der Waals surface area (Å²) in [5.41, 5.74) is 2.00. The minimum absolute atomic E-state index is 0.421. The van der Waals surface area contributed by atoms with Gasteiger partial charge in [0.2, 0.25) is 0 Å². The Morgan fingerprint density at radius 3 is 2.83 bits per heavy atom. The fraction of sp³-hybridized carbons (Fsp3) is 0.385. The maximum Gasteiger partial charge on any atom is 0.153 e. The lowest BCUT2D eigenvalue weighted by Gasteiger charge is -2.10. The molecular weight excluding hydrogens is 248 g/mol. The molecule has 0 fully saturated rings. The summed E-state index contributed by atoms with van der Waals surface area (Å²) in [5.74, 6) is 0.785. The van der Waals surface area contributed by atoms with Crippen molar-refractivity contribution in [3.05, 3.63) is 40.8 Å². The molecule has 0 saturated heterocycles. The van der Waals surface area contributed by atoms with Crippen LogP contribution in [0.25, 0.3) is 5.82 Å². The first-order chi connectivity index (χ1) is 8.56. The van der Waals surface area contributed by atoms with E-state index in [-0.39, 0.29) is 0 Å². The molecule has 1 N–H and O–H groups in total. The van der Waals surface area contributed by atoms with Gasteiger partial charge in [-0.05, 0) is 24.6 Å². The van der Waals surface area contributed by atoms with Crippen LogP contribution in [0.2, 0.25) is 5.02 Å². The van der Waals surface area contributed by atoms with E-state index in [1.165, 1.54) is 0 Å². The molecule has 0 aliphatic heterocycles. The van der Waals surface area contributed by atoms with Crippen molar-refractivity contribution in [2.24, 2.45) is 0 Å². The number of hydrogen-bond donors (Lipinski definition) is 1. The summed E-state index contributed by atoms with van der Waals surface area (Å²) in [6.45, 7) is 6.89. The number of aromatic nitrogens is 3. The maximum absolute atomic E-state index is 6.14. The van der Waals surface area contributed by atoms with Crippen LogP contribution in [0.1, 0.15) is 25.1 Å². The second-order valence-electron chi connectivity index (χ2n) is 4.57. The van der Waals surface area contributed by atoms with Gasteiger partial charge in [0.1, 0.15) is 0 Å². The van der Waals surface area contributed by atoms with Gasteiger partial charge in [0.15, 0.2) is 5.82 Å². The van der Waals surface area contributed by atoms with E-state index in [1.807, 2.05) is 25.3 Å². The predicted molar refractivity (Wildman–Crippen MR) is 73.1 cm³/mol. The third kappa shape index (κ3) is 3.09. The molecule has 2 aromatic heterocycles. The van der Waals surface area contributed by atoms with Crippen molar-refractivity contribution in [1.82, 2.24) is 20.1 Å². The first kappa shape index (κ1) is 13.1. The van der Waals surface area contributed by atoms with Gasteiger partial charge in [-0.3, -0.25) is 0 Å². The number of pyridine rings is 1. The quantitative estimate of drug-likeness (QED) is 0.923. The maximum atomic E-state index is 6.14. The molecule has 2 rings (SSSR count). The predicted octanol–water partition coefficient (Wildman–Crippen LogP) is 2.73. The Balaban J connectivity index is 2.25. The molecule has 5 heteroatoms. The van der Waals surface area contributed by atoms with E-state index >= 15 is 0 Å². The van der Waals surface area contributed by atoms with Crippen LogP contribution >= 0.6 is 11.6 Å². The highest BCUT2D eigenvalue weighted by molar-refractivity contribution is 6.31. The van der Waals surface area contributed by atoms with Crippen LogP contribution in [0, 0.1) is 6.92 Å². The lowest BCUT2D eigenvalue weighted by molar-refractivity contribution is 0.588. The fourth-order valence-corrected chi connectivity index (χ4v) is 1.76. The van der Waals surface area contributed by atoms with Crippen molar-refractivity contribution in [3.63, 3.8) is 0 Å². The van der Waals surface area contributed by atoms with Gasteiger partial charge in [-0.2, -0.15) is 5.10 Å².